The smallest absolute Gasteiger partial charge is 0.262 e. The zero-order valence-electron chi connectivity index (χ0n) is 15.9. The quantitative estimate of drug-likeness (QED) is 0.539. The molecule has 9 heteroatoms. The number of hydrogen-bond donors (Lipinski definition) is 2. The number of amides is 3. The molecule has 152 valence electrons. The molecule has 0 radical (unpaired) electrons. The zero-order valence-corrected chi connectivity index (χ0v) is 17.5. The van der Waals surface area contributed by atoms with Gasteiger partial charge in [-0.15, -0.1) is 11.8 Å². The monoisotopic (exact) mass is 425 g/mol. The van der Waals surface area contributed by atoms with Crippen molar-refractivity contribution >= 4 is 41.1 Å². The van der Waals surface area contributed by atoms with Gasteiger partial charge in [-0.1, -0.05) is 11.6 Å². The molecule has 0 unspecified atom stereocenters. The summed E-state index contributed by atoms with van der Waals surface area (Å²) in [5, 5.41) is 0.650. The summed E-state index contributed by atoms with van der Waals surface area (Å²) in [6.45, 7) is 4.27. The van der Waals surface area contributed by atoms with E-state index in [9.17, 15) is 14.4 Å². The van der Waals surface area contributed by atoms with Gasteiger partial charge in [-0.25, -0.2) is 0 Å². The van der Waals surface area contributed by atoms with Gasteiger partial charge in [-0.2, -0.15) is 0 Å². The highest BCUT2D eigenvalue weighted by Crippen LogP contribution is 2.47. The van der Waals surface area contributed by atoms with Crippen molar-refractivity contribution in [1.82, 2.24) is 15.8 Å². The standard InChI is InChI=1S/C19H24ClN3O4S/c1-12-10-13(20)5-6-15(12)27-9-3-4-16(24)21-22-18(26)14-11-28-19(2)8-7-17(25)23(14)19/h5-6,10,14H,3-4,7-9,11H2,1-2H3,(H,21,24)(H,22,26)/t14-,19+/m0/s1. The maximum atomic E-state index is 12.4. The summed E-state index contributed by atoms with van der Waals surface area (Å²) >= 11 is 7.52. The SMILES string of the molecule is Cc1cc(Cl)ccc1OCCCC(=O)NNC(=O)[C@@H]1CS[C@]2(C)CCC(=O)N12. The van der Waals surface area contributed by atoms with Crippen LogP contribution in [0.3, 0.4) is 0 Å². The zero-order chi connectivity index (χ0) is 20.3. The molecule has 1 aromatic carbocycles. The van der Waals surface area contributed by atoms with Crippen LogP contribution in [0.15, 0.2) is 18.2 Å². The van der Waals surface area contributed by atoms with Crippen LogP contribution in [-0.2, 0) is 14.4 Å². The van der Waals surface area contributed by atoms with Crippen molar-refractivity contribution < 1.29 is 19.1 Å². The van der Waals surface area contributed by atoms with Gasteiger partial charge in [0.2, 0.25) is 11.8 Å². The van der Waals surface area contributed by atoms with Crippen LogP contribution in [0, 0.1) is 6.92 Å². The summed E-state index contributed by atoms with van der Waals surface area (Å²) in [5.41, 5.74) is 5.81. The molecule has 2 N–H and O–H groups in total. The second kappa shape index (κ2) is 8.61. The Morgan fingerprint density at radius 3 is 2.93 bits per heavy atom. The van der Waals surface area contributed by atoms with Gasteiger partial charge in [0.25, 0.3) is 5.91 Å². The number of fused-ring (bicyclic) bond motifs is 1. The highest BCUT2D eigenvalue weighted by molar-refractivity contribution is 8.01. The lowest BCUT2D eigenvalue weighted by Crippen LogP contribution is -2.54. The predicted octanol–water partition coefficient (Wildman–Crippen LogP) is 2.41. The van der Waals surface area contributed by atoms with Crippen molar-refractivity contribution in [1.29, 1.82) is 0 Å². The Hall–Kier alpha value is -1.93. The lowest BCUT2D eigenvalue weighted by atomic mass is 10.2. The molecule has 0 aliphatic carbocycles. The highest BCUT2D eigenvalue weighted by Gasteiger charge is 2.52. The number of aryl methyl sites for hydroxylation is 1. The average molecular weight is 426 g/mol. The predicted molar refractivity (Wildman–Crippen MR) is 108 cm³/mol. The molecule has 0 bridgehead atoms. The maximum Gasteiger partial charge on any atom is 0.262 e. The van der Waals surface area contributed by atoms with E-state index in [2.05, 4.69) is 10.9 Å². The van der Waals surface area contributed by atoms with Crippen molar-refractivity contribution in [2.24, 2.45) is 0 Å². The van der Waals surface area contributed by atoms with E-state index in [-0.39, 0.29) is 29.0 Å². The molecule has 2 saturated heterocycles. The van der Waals surface area contributed by atoms with Crippen LogP contribution >= 0.6 is 23.4 Å². The van der Waals surface area contributed by atoms with Gasteiger partial charge in [0.05, 0.1) is 11.5 Å². The van der Waals surface area contributed by atoms with E-state index in [1.807, 2.05) is 19.9 Å². The molecule has 3 rings (SSSR count). The van der Waals surface area contributed by atoms with Gasteiger partial charge in [0, 0.05) is 23.6 Å². The molecule has 2 aliphatic heterocycles. The molecule has 2 fully saturated rings. The van der Waals surface area contributed by atoms with E-state index >= 15 is 0 Å². The highest BCUT2D eigenvalue weighted by atomic mass is 35.5. The fraction of sp³-hybridized carbons (Fsp3) is 0.526. The van der Waals surface area contributed by atoms with Crippen LogP contribution < -0.4 is 15.6 Å². The summed E-state index contributed by atoms with van der Waals surface area (Å²) < 4.78 is 5.65. The van der Waals surface area contributed by atoms with Gasteiger partial charge in [-0.3, -0.25) is 25.2 Å². The van der Waals surface area contributed by atoms with Crippen molar-refractivity contribution in [3.63, 3.8) is 0 Å². The molecule has 0 spiro atoms. The number of hydrazine groups is 1. The first-order valence-electron chi connectivity index (χ1n) is 9.24. The molecule has 0 saturated carbocycles. The minimum Gasteiger partial charge on any atom is -0.493 e. The third-order valence-corrected chi connectivity index (χ3v) is 6.76. The van der Waals surface area contributed by atoms with E-state index < -0.39 is 6.04 Å². The lowest BCUT2D eigenvalue weighted by Gasteiger charge is -2.29. The molecule has 3 amide bonds. The van der Waals surface area contributed by atoms with E-state index in [4.69, 9.17) is 16.3 Å². The normalized spacial score (nSPS) is 23.5. The van der Waals surface area contributed by atoms with Crippen LogP contribution in [0.5, 0.6) is 5.75 Å². The Morgan fingerprint density at radius 1 is 1.39 bits per heavy atom. The topological polar surface area (TPSA) is 87.7 Å². The van der Waals surface area contributed by atoms with E-state index in [0.29, 0.717) is 30.2 Å². The largest absolute Gasteiger partial charge is 0.493 e. The number of nitrogens with zero attached hydrogens (tertiary/aromatic N) is 1. The number of hydrogen-bond acceptors (Lipinski definition) is 5. The van der Waals surface area contributed by atoms with Crippen LogP contribution in [0.1, 0.15) is 38.2 Å². The van der Waals surface area contributed by atoms with Crippen LogP contribution in [0.4, 0.5) is 0 Å². The van der Waals surface area contributed by atoms with E-state index in [1.54, 1.807) is 28.8 Å². The Labute approximate surface area is 173 Å². The van der Waals surface area contributed by atoms with E-state index in [0.717, 1.165) is 17.7 Å². The Kier molecular flexibility index (Phi) is 6.40. The second-order valence-electron chi connectivity index (χ2n) is 7.16. The van der Waals surface area contributed by atoms with Crippen molar-refractivity contribution in [3.05, 3.63) is 28.8 Å². The van der Waals surface area contributed by atoms with Crippen molar-refractivity contribution in [2.45, 2.75) is 50.4 Å². The molecular formula is C19H24ClN3O4S. The average Bonchev–Trinajstić information content (AvgIpc) is 3.14. The minimum absolute atomic E-state index is 0.00591. The molecule has 2 aliphatic rings. The summed E-state index contributed by atoms with van der Waals surface area (Å²) in [5.74, 6) is 0.612. The van der Waals surface area contributed by atoms with Crippen LogP contribution in [0.2, 0.25) is 5.02 Å². The number of benzene rings is 1. The first-order valence-corrected chi connectivity index (χ1v) is 10.6. The number of ether oxygens (including phenoxy) is 1. The van der Waals surface area contributed by atoms with Gasteiger partial charge in [0.15, 0.2) is 0 Å². The first kappa shape index (κ1) is 20.8. The fourth-order valence-corrected chi connectivity index (χ4v) is 5.14. The maximum absolute atomic E-state index is 12.4. The molecule has 2 heterocycles. The summed E-state index contributed by atoms with van der Waals surface area (Å²) in [6.07, 6.45) is 1.94. The minimum atomic E-state index is -0.540. The van der Waals surface area contributed by atoms with Crippen molar-refractivity contribution in [3.8, 4) is 5.75 Å². The van der Waals surface area contributed by atoms with E-state index in [1.165, 1.54) is 0 Å². The third kappa shape index (κ3) is 4.55. The third-order valence-electron chi connectivity index (χ3n) is 5.02. The molecule has 2 atom stereocenters. The number of halogens is 1. The Morgan fingerprint density at radius 2 is 2.18 bits per heavy atom. The summed E-state index contributed by atoms with van der Waals surface area (Å²) in [4.78, 5) is 37.8. The number of rotatable bonds is 6. The van der Waals surface area contributed by atoms with Gasteiger partial charge in [-0.05, 0) is 50.5 Å². The van der Waals surface area contributed by atoms with Crippen molar-refractivity contribution in [2.75, 3.05) is 12.4 Å². The molecule has 7 nitrogen and oxygen atoms in total. The van der Waals surface area contributed by atoms with Gasteiger partial charge >= 0.3 is 0 Å². The lowest BCUT2D eigenvalue weighted by molar-refractivity contribution is -0.139. The number of carbonyl (C=O) groups excluding carboxylic acids is 3. The molecular weight excluding hydrogens is 402 g/mol. The Bertz CT molecular complexity index is 790. The van der Waals surface area contributed by atoms with Gasteiger partial charge < -0.3 is 9.64 Å². The fourth-order valence-electron chi connectivity index (χ4n) is 3.48. The summed E-state index contributed by atoms with van der Waals surface area (Å²) in [7, 11) is 0. The number of nitrogens with one attached hydrogen (secondary N) is 2. The first-order chi connectivity index (χ1) is 13.3. The van der Waals surface area contributed by atoms with Crippen LogP contribution in [-0.4, -0.2) is 45.9 Å². The Balaban J connectivity index is 1.37. The number of thioether (sulfide) groups is 1. The molecule has 28 heavy (non-hydrogen) atoms. The second-order valence-corrected chi connectivity index (χ2v) is 9.10. The molecule has 0 aromatic heterocycles. The molecule has 1 aromatic rings. The number of carbonyl (C=O) groups is 3. The summed E-state index contributed by atoms with van der Waals surface area (Å²) in [6, 6.07) is 4.83. The van der Waals surface area contributed by atoms with Crippen LogP contribution in [0.25, 0.3) is 0 Å². The van der Waals surface area contributed by atoms with Gasteiger partial charge in [0.1, 0.15) is 11.8 Å².